The van der Waals surface area contributed by atoms with Crippen LogP contribution in [0.3, 0.4) is 0 Å². The summed E-state index contributed by atoms with van der Waals surface area (Å²) in [6.07, 6.45) is 1.89. The molecule has 2 heterocycles. The van der Waals surface area contributed by atoms with Crippen molar-refractivity contribution in [1.82, 2.24) is 4.98 Å². The second-order valence-corrected chi connectivity index (χ2v) is 17.9. The fourth-order valence-electron chi connectivity index (χ4n) is 12.0. The Morgan fingerprint density at radius 3 is 1.57 bits per heavy atom. The van der Waals surface area contributed by atoms with Crippen LogP contribution in [0.5, 0.6) is 0 Å². The van der Waals surface area contributed by atoms with Gasteiger partial charge in [-0.25, -0.2) is 0 Å². The van der Waals surface area contributed by atoms with Gasteiger partial charge >= 0.3 is 0 Å². The molecular weight excluding hydrogens is 755 g/mol. The van der Waals surface area contributed by atoms with E-state index in [2.05, 4.69) is 200 Å². The lowest BCUT2D eigenvalue weighted by Gasteiger charge is -2.49. The Labute approximate surface area is 357 Å². The first-order valence-corrected chi connectivity index (χ1v) is 22.0. The van der Waals surface area contributed by atoms with Gasteiger partial charge in [0, 0.05) is 37.3 Å². The lowest BCUT2D eigenvalue weighted by molar-refractivity contribution is 0.636. The molecule has 1 nitrogen and oxygen atoms in total. The summed E-state index contributed by atoms with van der Waals surface area (Å²) in [5.41, 5.74) is 21.0. The van der Waals surface area contributed by atoms with E-state index in [1.54, 1.807) is 0 Å². The van der Waals surface area contributed by atoms with E-state index in [1.165, 1.54) is 104 Å². The Morgan fingerprint density at radius 1 is 0.344 bits per heavy atom. The molecule has 0 saturated carbocycles. The minimum Gasteiger partial charge on any atom is -0.256 e. The minimum absolute atomic E-state index is 0.480. The lowest BCUT2D eigenvalue weighted by atomic mass is 9.52. The molecule has 3 aliphatic carbocycles. The summed E-state index contributed by atoms with van der Waals surface area (Å²) in [6, 6.07) is 77.9. The molecule has 0 unspecified atom stereocenters. The Hall–Kier alpha value is -7.39. The molecule has 0 radical (unpaired) electrons. The van der Waals surface area contributed by atoms with Crippen molar-refractivity contribution in [3.63, 3.8) is 0 Å². The van der Waals surface area contributed by atoms with Crippen molar-refractivity contribution in [2.24, 2.45) is 0 Å². The molecule has 0 fully saturated rings. The number of benzene rings is 9. The molecule has 2 aromatic heterocycles. The molecule has 0 atom stereocenters. The quantitative estimate of drug-likeness (QED) is 0.170. The third-order valence-corrected chi connectivity index (χ3v) is 15.4. The van der Waals surface area contributed by atoms with Gasteiger partial charge < -0.3 is 0 Å². The molecule has 0 bridgehead atoms. The highest BCUT2D eigenvalue weighted by atomic mass is 32.1. The lowest BCUT2D eigenvalue weighted by Crippen LogP contribution is -2.43. The first-order valence-electron chi connectivity index (χ1n) is 21.2. The maximum absolute atomic E-state index is 4.79. The molecule has 9 aromatic carbocycles. The van der Waals surface area contributed by atoms with Crippen molar-refractivity contribution in [3.05, 3.63) is 257 Å². The van der Waals surface area contributed by atoms with E-state index in [9.17, 15) is 0 Å². The normalized spacial score (nSPS) is 14.5. The average Bonchev–Trinajstić information content (AvgIpc) is 3.96. The molecule has 11 aromatic rings. The maximum atomic E-state index is 4.79. The van der Waals surface area contributed by atoms with E-state index >= 15 is 0 Å². The molecule has 61 heavy (non-hydrogen) atoms. The topological polar surface area (TPSA) is 12.9 Å². The van der Waals surface area contributed by atoms with Crippen LogP contribution in [0.25, 0.3) is 75.6 Å². The molecule has 0 N–H and O–H groups in total. The maximum Gasteiger partial charge on any atom is 0.0780 e. The Morgan fingerprint density at radius 2 is 0.869 bits per heavy atom. The van der Waals surface area contributed by atoms with Gasteiger partial charge in [0.25, 0.3) is 0 Å². The SMILES string of the molecule is c1ccc2c(c1)-c1ccccc1C21c2ccccc2C2(c3ccccc31)c1cccc(-c3ccc(-c4cccc5cccnc45)cc3)c1-c1ccc3c(sc4ccccc43)c12. The molecule has 14 rings (SSSR count). The fraction of sp³-hybridized carbons (Fsp3) is 0.0339. The average molecular weight is 790 g/mol. The monoisotopic (exact) mass is 789 g/mol. The summed E-state index contributed by atoms with van der Waals surface area (Å²) in [5.74, 6) is 0. The van der Waals surface area contributed by atoms with Crippen LogP contribution in [0.2, 0.25) is 0 Å². The molecule has 0 saturated heterocycles. The van der Waals surface area contributed by atoms with Gasteiger partial charge in [-0.15, -0.1) is 11.3 Å². The van der Waals surface area contributed by atoms with Crippen LogP contribution in [0.15, 0.2) is 212 Å². The number of nitrogens with zero attached hydrogens (tertiary/aromatic N) is 1. The number of aromatic nitrogens is 1. The molecule has 3 aliphatic rings. The number of rotatable bonds is 2. The van der Waals surface area contributed by atoms with Crippen molar-refractivity contribution < 1.29 is 0 Å². The Kier molecular flexibility index (Phi) is 6.63. The number of hydrogen-bond donors (Lipinski definition) is 0. The summed E-state index contributed by atoms with van der Waals surface area (Å²) >= 11 is 1.95. The first kappa shape index (κ1) is 33.4. The highest BCUT2D eigenvalue weighted by Crippen LogP contribution is 2.69. The van der Waals surface area contributed by atoms with Crippen molar-refractivity contribution in [3.8, 4) is 44.5 Å². The molecule has 0 amide bonds. The van der Waals surface area contributed by atoms with Gasteiger partial charge in [-0.2, -0.15) is 0 Å². The van der Waals surface area contributed by atoms with Crippen LogP contribution in [-0.4, -0.2) is 4.98 Å². The summed E-state index contributed by atoms with van der Waals surface area (Å²) in [7, 11) is 0. The van der Waals surface area contributed by atoms with E-state index in [-0.39, 0.29) is 0 Å². The van der Waals surface area contributed by atoms with Gasteiger partial charge in [-0.3, -0.25) is 4.98 Å². The number of para-hydroxylation sites is 1. The Balaban J connectivity index is 1.10. The van der Waals surface area contributed by atoms with Crippen molar-refractivity contribution >= 4 is 42.4 Å². The smallest absolute Gasteiger partial charge is 0.0780 e. The highest BCUT2D eigenvalue weighted by Gasteiger charge is 2.59. The van der Waals surface area contributed by atoms with Gasteiger partial charge in [-0.05, 0) is 95.6 Å². The van der Waals surface area contributed by atoms with E-state index in [0.717, 1.165) is 16.5 Å². The predicted molar refractivity (Wildman–Crippen MR) is 254 cm³/mol. The Bertz CT molecular complexity index is 3560. The van der Waals surface area contributed by atoms with Crippen molar-refractivity contribution in [1.29, 1.82) is 0 Å². The number of fused-ring (bicyclic) bond motifs is 21. The van der Waals surface area contributed by atoms with Gasteiger partial charge in [0.05, 0.1) is 16.3 Å². The zero-order valence-electron chi connectivity index (χ0n) is 33.1. The van der Waals surface area contributed by atoms with E-state index in [1.807, 2.05) is 23.6 Å². The minimum atomic E-state index is -0.583. The number of thiophene rings is 1. The van der Waals surface area contributed by atoms with Crippen LogP contribution in [0.1, 0.15) is 44.5 Å². The van der Waals surface area contributed by atoms with Crippen LogP contribution < -0.4 is 0 Å². The number of pyridine rings is 1. The molecule has 282 valence electrons. The van der Waals surface area contributed by atoms with Gasteiger partial charge in [0.1, 0.15) is 0 Å². The van der Waals surface area contributed by atoms with Gasteiger partial charge in [0.2, 0.25) is 0 Å². The second kappa shape index (κ2) is 12.1. The zero-order chi connectivity index (χ0) is 39.9. The fourth-order valence-corrected chi connectivity index (χ4v) is 13.3. The van der Waals surface area contributed by atoms with Crippen LogP contribution in [-0.2, 0) is 10.8 Å². The largest absolute Gasteiger partial charge is 0.256 e. The van der Waals surface area contributed by atoms with Gasteiger partial charge in [-0.1, -0.05) is 194 Å². The molecule has 2 spiro atoms. The number of hydrogen-bond acceptors (Lipinski definition) is 2. The summed E-state index contributed by atoms with van der Waals surface area (Å²) in [4.78, 5) is 4.79. The van der Waals surface area contributed by atoms with Gasteiger partial charge in [0.15, 0.2) is 0 Å². The van der Waals surface area contributed by atoms with E-state index in [0.29, 0.717) is 0 Å². The first-order chi connectivity index (χ1) is 30.3. The molecule has 2 heteroatoms. The van der Waals surface area contributed by atoms with Crippen molar-refractivity contribution in [2.75, 3.05) is 0 Å². The summed E-state index contributed by atoms with van der Waals surface area (Å²) in [5, 5.41) is 3.80. The van der Waals surface area contributed by atoms with E-state index < -0.39 is 10.8 Å². The molecular formula is C59H35NS. The van der Waals surface area contributed by atoms with E-state index in [4.69, 9.17) is 4.98 Å². The highest BCUT2D eigenvalue weighted by molar-refractivity contribution is 7.26. The predicted octanol–water partition coefficient (Wildman–Crippen LogP) is 15.0. The summed E-state index contributed by atoms with van der Waals surface area (Å²) in [6.45, 7) is 0. The second-order valence-electron chi connectivity index (χ2n) is 16.8. The van der Waals surface area contributed by atoms with Crippen LogP contribution >= 0.6 is 11.3 Å². The third-order valence-electron chi connectivity index (χ3n) is 14.2. The van der Waals surface area contributed by atoms with Crippen LogP contribution in [0, 0.1) is 0 Å². The molecule has 0 aliphatic heterocycles. The standard InChI is InChI=1S/C59H35NS/c1-4-21-46-41(16-1)42-17-2-5-22-47(42)58(46)48-23-6-8-25-50(48)59(51-26-9-7-24-49(51)58)52-27-12-19-39(36-29-31-37(32-30-36)40-20-11-14-38-15-13-35-60-56(38)40)54(52)45-34-33-44-43-18-3-10-28-53(43)61-57(44)55(45)59/h1-35H. The third kappa shape index (κ3) is 4.09. The van der Waals surface area contributed by atoms with Crippen molar-refractivity contribution in [2.45, 2.75) is 10.8 Å². The zero-order valence-corrected chi connectivity index (χ0v) is 33.9. The van der Waals surface area contributed by atoms with Crippen LogP contribution in [0.4, 0.5) is 0 Å². The summed E-state index contributed by atoms with van der Waals surface area (Å²) < 4.78 is 2.69.